The standard InChI is InChI=1S/C22H38O8P2/c23-31(24,25)29-21-19-17-15-13-11-9-7-5-3-1-2-4-6-8-10-12-14-16-18-20-22-30-32(26,27)28/h1,3-4,6-7,9-10,12,16,18H,2,5,8,11,13-15,17,19-22H2,(H2,23,24,25)(H2,26,27,28)/b3-1+,6-4+,9-7+,12-10+,18-16+. The third kappa shape index (κ3) is 28.9. The summed E-state index contributed by atoms with van der Waals surface area (Å²) >= 11 is 0. The molecule has 0 aliphatic carbocycles. The highest BCUT2D eigenvalue weighted by Crippen LogP contribution is 2.36. The van der Waals surface area contributed by atoms with E-state index in [0.717, 1.165) is 51.4 Å². The average Bonchev–Trinajstić information content (AvgIpc) is 2.69. The molecule has 0 aromatic carbocycles. The summed E-state index contributed by atoms with van der Waals surface area (Å²) in [6.45, 7) is 0.119. The molecule has 0 bridgehead atoms. The Hall–Kier alpha value is -1.08. The molecule has 0 aromatic rings. The third-order valence-electron chi connectivity index (χ3n) is 3.99. The van der Waals surface area contributed by atoms with Crippen molar-refractivity contribution in [3.05, 3.63) is 60.8 Å². The molecule has 0 spiro atoms. The summed E-state index contributed by atoms with van der Waals surface area (Å²) < 4.78 is 29.7. The lowest BCUT2D eigenvalue weighted by atomic mass is 10.1. The molecule has 184 valence electrons. The highest BCUT2D eigenvalue weighted by atomic mass is 31.2. The lowest BCUT2D eigenvalue weighted by molar-refractivity contribution is 0.193. The van der Waals surface area contributed by atoms with Crippen molar-refractivity contribution in [3.8, 4) is 0 Å². The molecule has 10 heteroatoms. The third-order valence-corrected chi connectivity index (χ3v) is 5.03. The summed E-state index contributed by atoms with van der Waals surface area (Å²) in [6.07, 6.45) is 29.3. The van der Waals surface area contributed by atoms with Crippen LogP contribution in [-0.2, 0) is 18.2 Å². The van der Waals surface area contributed by atoms with Gasteiger partial charge in [-0.15, -0.1) is 0 Å². The topological polar surface area (TPSA) is 134 Å². The summed E-state index contributed by atoms with van der Waals surface area (Å²) in [4.78, 5) is 34.2. The molecule has 0 saturated carbocycles. The summed E-state index contributed by atoms with van der Waals surface area (Å²) in [5, 5.41) is 0. The minimum absolute atomic E-state index is 0.0125. The first-order valence-corrected chi connectivity index (χ1v) is 13.9. The van der Waals surface area contributed by atoms with Gasteiger partial charge in [0.1, 0.15) is 0 Å². The summed E-state index contributed by atoms with van der Waals surface area (Å²) in [5.74, 6) is 0. The Morgan fingerprint density at radius 2 is 0.844 bits per heavy atom. The van der Waals surface area contributed by atoms with Crippen LogP contribution in [0.4, 0.5) is 0 Å². The summed E-state index contributed by atoms with van der Waals surface area (Å²) in [6, 6.07) is 0. The number of hydrogen-bond acceptors (Lipinski definition) is 4. The van der Waals surface area contributed by atoms with Gasteiger partial charge in [-0.2, -0.15) is 0 Å². The maximum Gasteiger partial charge on any atom is 0.469 e. The first-order valence-electron chi connectivity index (χ1n) is 10.9. The van der Waals surface area contributed by atoms with Gasteiger partial charge in [0.2, 0.25) is 0 Å². The molecule has 0 aliphatic rings. The van der Waals surface area contributed by atoms with Crippen molar-refractivity contribution in [2.45, 2.75) is 64.2 Å². The Morgan fingerprint density at radius 3 is 1.31 bits per heavy atom. The van der Waals surface area contributed by atoms with Gasteiger partial charge in [-0.3, -0.25) is 9.05 Å². The van der Waals surface area contributed by atoms with Crippen LogP contribution in [0, 0.1) is 0 Å². The zero-order chi connectivity index (χ0) is 24.0. The second kappa shape index (κ2) is 20.5. The molecule has 0 rings (SSSR count). The van der Waals surface area contributed by atoms with E-state index in [2.05, 4.69) is 51.6 Å². The van der Waals surface area contributed by atoms with E-state index in [-0.39, 0.29) is 13.2 Å². The fourth-order valence-electron chi connectivity index (χ4n) is 2.46. The van der Waals surface area contributed by atoms with Crippen molar-refractivity contribution in [2.24, 2.45) is 0 Å². The molecule has 0 aliphatic heterocycles. The molecule has 32 heavy (non-hydrogen) atoms. The SMILES string of the molecule is O=P(O)(O)OCC/C=C/C/C=C/C/C=C/C/C=C/C/C=C/CCCCCCOP(=O)(O)O. The highest BCUT2D eigenvalue weighted by molar-refractivity contribution is 7.46. The van der Waals surface area contributed by atoms with Crippen molar-refractivity contribution in [1.29, 1.82) is 0 Å². The lowest BCUT2D eigenvalue weighted by Gasteiger charge is -2.04. The summed E-state index contributed by atoms with van der Waals surface area (Å²) in [5.41, 5.74) is 0. The van der Waals surface area contributed by atoms with Crippen LogP contribution >= 0.6 is 15.6 Å². The van der Waals surface area contributed by atoms with E-state index in [1.165, 1.54) is 0 Å². The van der Waals surface area contributed by atoms with Crippen LogP contribution in [0.5, 0.6) is 0 Å². The Kier molecular flexibility index (Phi) is 19.8. The first-order chi connectivity index (χ1) is 15.2. The van der Waals surface area contributed by atoms with Crippen molar-refractivity contribution in [3.63, 3.8) is 0 Å². The van der Waals surface area contributed by atoms with Crippen LogP contribution in [0.1, 0.15) is 64.2 Å². The van der Waals surface area contributed by atoms with Gasteiger partial charge in [0, 0.05) is 0 Å². The van der Waals surface area contributed by atoms with Gasteiger partial charge in [-0.25, -0.2) is 9.13 Å². The second-order valence-electron chi connectivity index (χ2n) is 6.94. The minimum Gasteiger partial charge on any atom is -0.303 e. The van der Waals surface area contributed by atoms with Crippen LogP contribution in [0.15, 0.2) is 60.8 Å². The van der Waals surface area contributed by atoms with Crippen LogP contribution in [-0.4, -0.2) is 32.8 Å². The predicted molar refractivity (Wildman–Crippen MR) is 128 cm³/mol. The predicted octanol–water partition coefficient (Wildman–Crippen LogP) is 5.89. The summed E-state index contributed by atoms with van der Waals surface area (Å²) in [7, 11) is -8.66. The largest absolute Gasteiger partial charge is 0.469 e. The normalized spacial score (nSPS) is 13.8. The maximum atomic E-state index is 10.5. The van der Waals surface area contributed by atoms with Gasteiger partial charge in [0.05, 0.1) is 13.2 Å². The number of phosphoric ester groups is 2. The van der Waals surface area contributed by atoms with Crippen LogP contribution in [0.25, 0.3) is 0 Å². The quantitative estimate of drug-likeness (QED) is 0.0940. The lowest BCUT2D eigenvalue weighted by Crippen LogP contribution is -1.92. The molecule has 0 radical (unpaired) electrons. The van der Waals surface area contributed by atoms with Gasteiger partial charge in [-0.05, 0) is 51.4 Å². The fraction of sp³-hybridized carbons (Fsp3) is 0.545. The van der Waals surface area contributed by atoms with Gasteiger partial charge in [-0.1, -0.05) is 73.6 Å². The van der Waals surface area contributed by atoms with Gasteiger partial charge < -0.3 is 19.6 Å². The fourth-order valence-corrected chi connectivity index (χ4v) is 3.17. The molecule has 0 saturated heterocycles. The van der Waals surface area contributed by atoms with E-state index >= 15 is 0 Å². The van der Waals surface area contributed by atoms with Crippen molar-refractivity contribution in [2.75, 3.05) is 13.2 Å². The van der Waals surface area contributed by atoms with E-state index < -0.39 is 15.6 Å². The Labute approximate surface area is 191 Å². The van der Waals surface area contributed by atoms with Crippen LogP contribution in [0.3, 0.4) is 0 Å². The molecule has 0 unspecified atom stereocenters. The van der Waals surface area contributed by atoms with E-state index in [0.29, 0.717) is 12.8 Å². The van der Waals surface area contributed by atoms with Gasteiger partial charge >= 0.3 is 15.6 Å². The van der Waals surface area contributed by atoms with Crippen molar-refractivity contribution in [1.82, 2.24) is 0 Å². The molecule has 0 fully saturated rings. The zero-order valence-electron chi connectivity index (χ0n) is 18.6. The minimum atomic E-state index is -4.35. The van der Waals surface area contributed by atoms with E-state index in [4.69, 9.17) is 19.6 Å². The molecule has 0 aromatic heterocycles. The molecule has 0 amide bonds. The Bertz CT molecular complexity index is 686. The zero-order valence-corrected chi connectivity index (χ0v) is 20.4. The average molecular weight is 492 g/mol. The number of allylic oxidation sites excluding steroid dienone is 9. The van der Waals surface area contributed by atoms with Gasteiger partial charge in [0.25, 0.3) is 0 Å². The van der Waals surface area contributed by atoms with Crippen LogP contribution < -0.4 is 0 Å². The van der Waals surface area contributed by atoms with Gasteiger partial charge in [0.15, 0.2) is 0 Å². The number of hydrogen-bond donors (Lipinski definition) is 4. The van der Waals surface area contributed by atoms with Crippen molar-refractivity contribution < 1.29 is 37.8 Å². The highest BCUT2D eigenvalue weighted by Gasteiger charge is 2.12. The molecular weight excluding hydrogens is 454 g/mol. The second-order valence-corrected chi connectivity index (χ2v) is 9.42. The first kappa shape index (κ1) is 30.9. The molecular formula is C22H38O8P2. The number of rotatable bonds is 20. The molecule has 4 N–H and O–H groups in total. The number of phosphoric acid groups is 2. The monoisotopic (exact) mass is 492 g/mol. The van der Waals surface area contributed by atoms with E-state index in [1.807, 2.05) is 18.2 Å². The molecule has 0 atom stereocenters. The smallest absolute Gasteiger partial charge is 0.303 e. The Morgan fingerprint density at radius 1 is 0.469 bits per heavy atom. The molecule has 0 heterocycles. The molecule has 8 nitrogen and oxygen atoms in total. The van der Waals surface area contributed by atoms with Crippen molar-refractivity contribution >= 4 is 15.6 Å². The van der Waals surface area contributed by atoms with E-state index in [9.17, 15) is 9.13 Å². The Balaban J connectivity index is 3.49. The maximum absolute atomic E-state index is 10.5. The van der Waals surface area contributed by atoms with E-state index in [1.54, 1.807) is 0 Å². The number of unbranched alkanes of at least 4 members (excludes halogenated alkanes) is 4. The van der Waals surface area contributed by atoms with Crippen LogP contribution in [0.2, 0.25) is 0 Å².